The van der Waals surface area contributed by atoms with Gasteiger partial charge < -0.3 is 15.4 Å². The van der Waals surface area contributed by atoms with Crippen LogP contribution in [0.2, 0.25) is 0 Å². The highest BCUT2D eigenvalue weighted by atomic mass is 19.1. The van der Waals surface area contributed by atoms with E-state index in [9.17, 15) is 18.4 Å². The van der Waals surface area contributed by atoms with Crippen molar-refractivity contribution in [1.82, 2.24) is 15.6 Å². The number of ketones is 1. The fourth-order valence-electron chi connectivity index (χ4n) is 4.14. The average molecular weight is 415 g/mol. The van der Waals surface area contributed by atoms with Crippen molar-refractivity contribution in [3.8, 4) is 5.75 Å². The van der Waals surface area contributed by atoms with Gasteiger partial charge in [0.15, 0.2) is 5.78 Å². The van der Waals surface area contributed by atoms with Gasteiger partial charge in [0.05, 0.1) is 24.4 Å². The number of amides is 2. The number of halogens is 2. The van der Waals surface area contributed by atoms with Crippen LogP contribution in [-0.4, -0.2) is 29.9 Å². The highest BCUT2D eigenvalue weighted by Gasteiger charge is 2.48. The van der Waals surface area contributed by atoms with E-state index >= 15 is 0 Å². The van der Waals surface area contributed by atoms with Crippen LogP contribution in [0.4, 0.5) is 13.6 Å². The van der Waals surface area contributed by atoms with Crippen molar-refractivity contribution >= 4 is 11.8 Å². The van der Waals surface area contributed by atoms with Crippen molar-refractivity contribution in [3.05, 3.63) is 58.9 Å². The molecule has 2 N–H and O–H groups in total. The highest BCUT2D eigenvalue weighted by Crippen LogP contribution is 2.44. The van der Waals surface area contributed by atoms with E-state index in [1.54, 1.807) is 0 Å². The van der Waals surface area contributed by atoms with E-state index in [4.69, 9.17) is 4.74 Å². The van der Waals surface area contributed by atoms with Crippen LogP contribution in [0.3, 0.4) is 0 Å². The van der Waals surface area contributed by atoms with Crippen LogP contribution < -0.4 is 15.4 Å². The summed E-state index contributed by atoms with van der Waals surface area (Å²) in [5.41, 5.74) is 0.842. The summed E-state index contributed by atoms with van der Waals surface area (Å²) in [5, 5.41) is 5.55. The number of hydrogen-bond acceptors (Lipinski definition) is 4. The number of hydrogen-bond donors (Lipinski definition) is 2. The maximum absolute atomic E-state index is 14.6. The van der Waals surface area contributed by atoms with E-state index in [-0.39, 0.29) is 29.9 Å². The summed E-state index contributed by atoms with van der Waals surface area (Å²) in [6, 6.07) is 6.23. The lowest BCUT2D eigenvalue weighted by Crippen LogP contribution is -2.49. The number of ether oxygens (including phenoxy) is 1. The molecule has 2 fully saturated rings. The van der Waals surface area contributed by atoms with Gasteiger partial charge in [-0.25, -0.2) is 13.6 Å². The second kappa shape index (κ2) is 7.66. The fraction of sp³-hybridized carbons (Fsp3) is 0.409. The molecule has 1 aromatic heterocycles. The summed E-state index contributed by atoms with van der Waals surface area (Å²) in [6.45, 7) is 1.87. The minimum absolute atomic E-state index is 0.0571. The van der Waals surface area contributed by atoms with E-state index in [0.717, 1.165) is 36.4 Å². The van der Waals surface area contributed by atoms with Gasteiger partial charge in [0, 0.05) is 35.7 Å². The number of pyridine rings is 1. The lowest BCUT2D eigenvalue weighted by atomic mass is 9.92. The SMILES string of the molecule is COc1cc(F)c([C@@H]2CCC(=O)[C@H]2NC(=O)NC2(c3cccc(C)n3)CC2)c(F)c1. The first-order chi connectivity index (χ1) is 14.3. The number of aromatic nitrogens is 1. The number of methoxy groups -OCH3 is 1. The Morgan fingerprint density at radius 3 is 2.53 bits per heavy atom. The molecule has 0 unspecified atom stereocenters. The maximum Gasteiger partial charge on any atom is 0.316 e. The number of carbonyl (C=O) groups excluding carboxylic acids is 2. The maximum atomic E-state index is 14.6. The first-order valence-electron chi connectivity index (χ1n) is 9.91. The summed E-state index contributed by atoms with van der Waals surface area (Å²) in [7, 11) is 1.32. The van der Waals surface area contributed by atoms with Crippen molar-refractivity contribution in [3.63, 3.8) is 0 Å². The van der Waals surface area contributed by atoms with Crippen LogP contribution >= 0.6 is 0 Å². The monoisotopic (exact) mass is 415 g/mol. The van der Waals surface area contributed by atoms with Gasteiger partial charge in [-0.15, -0.1) is 0 Å². The molecule has 2 atom stereocenters. The molecule has 0 spiro atoms. The van der Waals surface area contributed by atoms with E-state index < -0.39 is 35.2 Å². The normalized spacial score (nSPS) is 21.9. The van der Waals surface area contributed by atoms with Crippen LogP contribution in [0.5, 0.6) is 5.75 Å². The first-order valence-corrected chi connectivity index (χ1v) is 9.91. The van der Waals surface area contributed by atoms with Crippen molar-refractivity contribution in [1.29, 1.82) is 0 Å². The number of carbonyl (C=O) groups is 2. The molecule has 30 heavy (non-hydrogen) atoms. The molecule has 4 rings (SSSR count). The predicted molar refractivity (Wildman–Crippen MR) is 105 cm³/mol. The van der Waals surface area contributed by atoms with Gasteiger partial charge >= 0.3 is 6.03 Å². The molecule has 2 aromatic rings. The Bertz CT molecular complexity index is 984. The lowest BCUT2D eigenvalue weighted by Gasteiger charge is -2.24. The van der Waals surface area contributed by atoms with Crippen molar-refractivity contribution in [2.24, 2.45) is 0 Å². The summed E-state index contributed by atoms with van der Waals surface area (Å²) < 4.78 is 34.0. The van der Waals surface area contributed by atoms with Crippen LogP contribution in [0, 0.1) is 18.6 Å². The Balaban J connectivity index is 1.52. The minimum Gasteiger partial charge on any atom is -0.497 e. The molecule has 158 valence electrons. The first kappa shape index (κ1) is 20.3. The van der Waals surface area contributed by atoms with E-state index in [1.165, 1.54) is 7.11 Å². The second-order valence-electron chi connectivity index (χ2n) is 7.94. The lowest BCUT2D eigenvalue weighted by molar-refractivity contribution is -0.119. The van der Waals surface area contributed by atoms with Crippen LogP contribution in [0.1, 0.15) is 48.6 Å². The van der Waals surface area contributed by atoms with E-state index in [1.807, 2.05) is 25.1 Å². The third kappa shape index (κ3) is 3.74. The van der Waals surface area contributed by atoms with Gasteiger partial charge in [-0.3, -0.25) is 9.78 Å². The number of nitrogens with one attached hydrogen (secondary N) is 2. The van der Waals surface area contributed by atoms with Gasteiger partial charge in [-0.1, -0.05) is 6.07 Å². The number of rotatable bonds is 5. The third-order valence-electron chi connectivity index (χ3n) is 5.88. The third-order valence-corrected chi connectivity index (χ3v) is 5.88. The van der Waals surface area contributed by atoms with Crippen molar-refractivity contribution in [2.75, 3.05) is 7.11 Å². The quantitative estimate of drug-likeness (QED) is 0.784. The predicted octanol–water partition coefficient (Wildman–Crippen LogP) is 3.48. The molecule has 6 nitrogen and oxygen atoms in total. The van der Waals surface area contributed by atoms with E-state index in [2.05, 4.69) is 15.6 Å². The zero-order chi connectivity index (χ0) is 21.5. The molecule has 0 bridgehead atoms. The number of urea groups is 1. The zero-order valence-electron chi connectivity index (χ0n) is 16.8. The Kier molecular flexibility index (Phi) is 5.17. The molecule has 0 saturated heterocycles. The summed E-state index contributed by atoms with van der Waals surface area (Å²) in [6.07, 6.45) is 1.88. The van der Waals surface area contributed by atoms with Gasteiger partial charge in [0.2, 0.25) is 0 Å². The fourth-order valence-corrected chi connectivity index (χ4v) is 4.14. The Morgan fingerprint density at radius 2 is 1.93 bits per heavy atom. The minimum atomic E-state index is -0.997. The topological polar surface area (TPSA) is 80.3 Å². The molecule has 2 aliphatic rings. The Labute approximate surface area is 173 Å². The van der Waals surface area contributed by atoms with E-state index in [0.29, 0.717) is 0 Å². The smallest absolute Gasteiger partial charge is 0.316 e. The molecule has 2 saturated carbocycles. The molecule has 2 amide bonds. The number of aryl methyl sites for hydroxylation is 1. The largest absolute Gasteiger partial charge is 0.497 e. The Morgan fingerprint density at radius 1 is 1.23 bits per heavy atom. The molecule has 1 heterocycles. The summed E-state index contributed by atoms with van der Waals surface area (Å²) in [5.74, 6) is -2.55. The molecular weight excluding hydrogens is 392 g/mol. The van der Waals surface area contributed by atoms with Gasteiger partial charge in [-0.05, 0) is 38.3 Å². The molecule has 0 aliphatic heterocycles. The van der Waals surface area contributed by atoms with Gasteiger partial charge in [-0.2, -0.15) is 0 Å². The van der Waals surface area contributed by atoms with Crippen LogP contribution in [-0.2, 0) is 10.3 Å². The number of benzene rings is 1. The number of Topliss-reactive ketones (excluding diaryl/α,β-unsaturated/α-hetero) is 1. The molecular formula is C22H23F2N3O3. The Hall–Kier alpha value is -3.03. The number of nitrogens with zero attached hydrogens (tertiary/aromatic N) is 1. The molecule has 8 heteroatoms. The van der Waals surface area contributed by atoms with Gasteiger partial charge in [0.1, 0.15) is 17.4 Å². The molecule has 2 aliphatic carbocycles. The molecule has 1 aromatic carbocycles. The van der Waals surface area contributed by atoms with Crippen molar-refractivity contribution in [2.45, 2.75) is 50.1 Å². The summed E-state index contributed by atoms with van der Waals surface area (Å²) >= 11 is 0. The van der Waals surface area contributed by atoms with Gasteiger partial charge in [0.25, 0.3) is 0 Å². The highest BCUT2D eigenvalue weighted by molar-refractivity contribution is 5.91. The average Bonchev–Trinajstić information content (AvgIpc) is 3.40. The standard InChI is InChI=1S/C22H23F2N3O3/c1-12-4-3-5-18(25-12)22(8-9-22)27-21(29)26-20-14(6-7-17(20)28)19-15(23)10-13(30-2)11-16(19)24/h3-5,10-11,14,20H,6-9H2,1-2H3,(H2,26,27,29)/t14-,20-/m0/s1. The van der Waals surface area contributed by atoms with Crippen LogP contribution in [0.15, 0.2) is 30.3 Å². The zero-order valence-corrected chi connectivity index (χ0v) is 16.8. The molecule has 0 radical (unpaired) electrons. The van der Waals surface area contributed by atoms with Crippen LogP contribution in [0.25, 0.3) is 0 Å². The summed E-state index contributed by atoms with van der Waals surface area (Å²) in [4.78, 5) is 29.6. The van der Waals surface area contributed by atoms with Crippen molar-refractivity contribution < 1.29 is 23.1 Å². The second-order valence-corrected chi connectivity index (χ2v) is 7.94.